The minimum Gasteiger partial charge on any atom is -0.449 e. The first-order valence-electron chi connectivity index (χ1n) is 5.24. The van der Waals surface area contributed by atoms with Crippen LogP contribution in [0.2, 0.25) is 0 Å². The van der Waals surface area contributed by atoms with E-state index in [9.17, 15) is 18.0 Å². The molecule has 1 aromatic rings. The summed E-state index contributed by atoms with van der Waals surface area (Å²) in [4.78, 5) is 10.9. The van der Waals surface area contributed by atoms with E-state index >= 15 is 0 Å². The first-order chi connectivity index (χ1) is 8.77. The molecule has 0 aromatic heterocycles. The molecule has 1 heterocycles. The van der Waals surface area contributed by atoms with Gasteiger partial charge in [0.2, 0.25) is 0 Å². The molecule has 0 spiro atoms. The lowest BCUT2D eigenvalue weighted by atomic mass is 10.1. The maximum Gasteiger partial charge on any atom is 0.511 e. The lowest BCUT2D eigenvalue weighted by molar-refractivity contribution is -0.127. The summed E-state index contributed by atoms with van der Waals surface area (Å²) < 4.78 is 42.9. The fourth-order valence-corrected chi connectivity index (χ4v) is 2.73. The highest BCUT2D eigenvalue weighted by molar-refractivity contribution is 8.00. The molecule has 19 heavy (non-hydrogen) atoms. The molecule has 3 nitrogen and oxygen atoms in total. The molecule has 0 saturated heterocycles. The summed E-state index contributed by atoms with van der Waals surface area (Å²) in [5, 5.41) is 6.51. The summed E-state index contributed by atoms with van der Waals surface area (Å²) in [6.45, 7) is 1.80. The van der Waals surface area contributed by atoms with E-state index in [0.717, 1.165) is 11.6 Å². The van der Waals surface area contributed by atoms with Gasteiger partial charge in [0.25, 0.3) is 0 Å². The Balaban J connectivity index is 2.46. The van der Waals surface area contributed by atoms with Gasteiger partial charge in [0, 0.05) is 4.90 Å². The Kier molecular flexibility index (Phi) is 3.49. The normalized spacial score (nSPS) is 18.5. The fraction of sp³-hybridized carbons (Fsp3) is 0.250. The number of benzene rings is 1. The van der Waals surface area contributed by atoms with E-state index < -0.39 is 23.3 Å². The summed E-state index contributed by atoms with van der Waals surface area (Å²) >= 11 is 0.541. The second kappa shape index (κ2) is 4.80. The Labute approximate surface area is 111 Å². The maximum atomic E-state index is 12.9. The number of thioether (sulfide) groups is 1. The van der Waals surface area contributed by atoms with E-state index in [2.05, 4.69) is 4.74 Å². The van der Waals surface area contributed by atoms with E-state index in [1.807, 2.05) is 0 Å². The second-order valence-corrected chi connectivity index (χ2v) is 5.14. The zero-order valence-corrected chi connectivity index (χ0v) is 10.5. The van der Waals surface area contributed by atoms with Crippen molar-refractivity contribution in [3.63, 3.8) is 0 Å². The van der Waals surface area contributed by atoms with Crippen LogP contribution in [0, 0.1) is 6.92 Å². The van der Waals surface area contributed by atoms with Crippen molar-refractivity contribution in [2.45, 2.75) is 23.2 Å². The van der Waals surface area contributed by atoms with Crippen LogP contribution in [0.1, 0.15) is 11.1 Å². The van der Waals surface area contributed by atoms with E-state index in [1.54, 1.807) is 25.1 Å². The Hall–Kier alpha value is -1.63. The van der Waals surface area contributed by atoms with Gasteiger partial charge in [-0.3, -0.25) is 0 Å². The molecule has 102 valence electrons. The molecule has 0 radical (unpaired) electrons. The largest absolute Gasteiger partial charge is 0.511 e. The fourth-order valence-electron chi connectivity index (χ4n) is 1.71. The lowest BCUT2D eigenvalue weighted by Crippen LogP contribution is -2.31. The highest BCUT2D eigenvalue weighted by Crippen LogP contribution is 2.45. The van der Waals surface area contributed by atoms with Gasteiger partial charge in [0.1, 0.15) is 5.76 Å². The average molecular weight is 290 g/mol. The molecule has 1 aliphatic rings. The number of fused-ring (bicyclic) bond motifs is 1. The number of carbonyl (C=O) groups is 1. The summed E-state index contributed by atoms with van der Waals surface area (Å²) in [7, 11) is 0. The Morgan fingerprint density at radius 2 is 2.11 bits per heavy atom. The molecule has 0 aliphatic carbocycles. The van der Waals surface area contributed by atoms with Gasteiger partial charge in [0.15, 0.2) is 5.25 Å². The van der Waals surface area contributed by atoms with Crippen molar-refractivity contribution in [1.29, 1.82) is 0 Å². The number of carboxylic acid groups (broad SMARTS) is 1. The van der Waals surface area contributed by atoms with E-state index in [-0.39, 0.29) is 0 Å². The number of hydrogen-bond acceptors (Lipinski definition) is 3. The van der Waals surface area contributed by atoms with Gasteiger partial charge in [-0.25, -0.2) is 4.79 Å². The molecule has 1 aromatic carbocycles. The molecule has 1 N–H and O–H groups in total. The van der Waals surface area contributed by atoms with Crippen LogP contribution < -0.4 is 0 Å². The van der Waals surface area contributed by atoms with Crippen LogP contribution in [0.4, 0.5) is 18.0 Å². The quantitative estimate of drug-likeness (QED) is 0.792. The Morgan fingerprint density at radius 1 is 1.42 bits per heavy atom. The third-order valence-electron chi connectivity index (χ3n) is 2.47. The zero-order valence-electron chi connectivity index (χ0n) is 9.69. The van der Waals surface area contributed by atoms with Gasteiger partial charge in [-0.1, -0.05) is 17.7 Å². The van der Waals surface area contributed by atoms with Gasteiger partial charge in [-0.15, -0.1) is 11.8 Å². The minimum absolute atomic E-state index is 0.450. The van der Waals surface area contributed by atoms with Crippen LogP contribution in [0.3, 0.4) is 0 Å². The average Bonchev–Trinajstić information content (AvgIpc) is 2.25. The van der Waals surface area contributed by atoms with Crippen LogP contribution >= 0.6 is 11.8 Å². The van der Waals surface area contributed by atoms with Gasteiger partial charge in [-0.05, 0) is 24.6 Å². The number of rotatable bonds is 1. The molecular formula is C12H9F3O3S. The Bertz CT molecular complexity index is 552. The van der Waals surface area contributed by atoms with Crippen LogP contribution in [0.5, 0.6) is 0 Å². The summed E-state index contributed by atoms with van der Waals surface area (Å²) in [6, 6.07) is 4.97. The molecule has 0 bridgehead atoms. The highest BCUT2D eigenvalue weighted by atomic mass is 32.2. The first kappa shape index (κ1) is 13.8. The van der Waals surface area contributed by atoms with Crippen molar-refractivity contribution in [3.8, 4) is 0 Å². The molecule has 1 unspecified atom stereocenters. The molecule has 1 aliphatic heterocycles. The minimum atomic E-state index is -4.57. The van der Waals surface area contributed by atoms with Gasteiger partial charge >= 0.3 is 12.3 Å². The first-order valence-corrected chi connectivity index (χ1v) is 6.12. The van der Waals surface area contributed by atoms with Crippen LogP contribution in [-0.2, 0) is 4.74 Å². The van der Waals surface area contributed by atoms with Crippen molar-refractivity contribution in [3.05, 3.63) is 35.1 Å². The van der Waals surface area contributed by atoms with Gasteiger partial charge < -0.3 is 9.84 Å². The number of alkyl halides is 3. The van der Waals surface area contributed by atoms with Gasteiger partial charge in [-0.2, -0.15) is 13.2 Å². The Morgan fingerprint density at radius 3 is 2.68 bits per heavy atom. The zero-order chi connectivity index (χ0) is 14.2. The topological polar surface area (TPSA) is 46.5 Å². The SMILES string of the molecule is Cc1ccc2c(c1)C=C(OC(=O)O)C(C(F)(F)F)S2. The third kappa shape index (κ3) is 3.04. The van der Waals surface area contributed by atoms with Crippen molar-refractivity contribution in [2.75, 3.05) is 0 Å². The standard InChI is InChI=1S/C12H9F3O3S/c1-6-2-3-9-7(4-6)5-8(18-11(16)17)10(19-9)12(13,14)15/h2-5,10H,1H3,(H,16,17). The molecule has 1 atom stereocenters. The molecule has 0 saturated carbocycles. The lowest BCUT2D eigenvalue weighted by Gasteiger charge is -2.26. The van der Waals surface area contributed by atoms with Crippen molar-refractivity contribution in [2.24, 2.45) is 0 Å². The molecule has 2 rings (SSSR count). The second-order valence-electron chi connectivity index (χ2n) is 4.00. The number of aryl methyl sites for hydroxylation is 1. The molecule has 0 amide bonds. The summed E-state index contributed by atoms with van der Waals surface area (Å²) in [6.07, 6.45) is -5.20. The van der Waals surface area contributed by atoms with E-state index in [4.69, 9.17) is 5.11 Å². The van der Waals surface area contributed by atoms with E-state index in [0.29, 0.717) is 22.2 Å². The van der Waals surface area contributed by atoms with Crippen molar-refractivity contribution >= 4 is 24.0 Å². The number of hydrogen-bond donors (Lipinski definition) is 1. The highest BCUT2D eigenvalue weighted by Gasteiger charge is 2.46. The smallest absolute Gasteiger partial charge is 0.449 e. The van der Waals surface area contributed by atoms with Crippen molar-refractivity contribution < 1.29 is 27.8 Å². The maximum absolute atomic E-state index is 12.9. The monoisotopic (exact) mass is 290 g/mol. The third-order valence-corrected chi connectivity index (χ3v) is 3.83. The predicted octanol–water partition coefficient (Wildman–Crippen LogP) is 4.07. The van der Waals surface area contributed by atoms with E-state index in [1.165, 1.54) is 0 Å². The predicted molar refractivity (Wildman–Crippen MR) is 64.0 cm³/mol. The van der Waals surface area contributed by atoms with Gasteiger partial charge in [0.05, 0.1) is 0 Å². The number of ether oxygens (including phenoxy) is 1. The van der Waals surface area contributed by atoms with Crippen molar-refractivity contribution in [1.82, 2.24) is 0 Å². The molecule has 7 heteroatoms. The van der Waals surface area contributed by atoms with Crippen LogP contribution in [-0.4, -0.2) is 22.7 Å². The van der Waals surface area contributed by atoms with Crippen LogP contribution in [0.25, 0.3) is 6.08 Å². The summed E-state index contributed by atoms with van der Waals surface area (Å²) in [5.74, 6) is -0.608. The van der Waals surface area contributed by atoms with Crippen LogP contribution in [0.15, 0.2) is 28.9 Å². The molecular weight excluding hydrogens is 281 g/mol. The number of halogens is 3. The summed E-state index contributed by atoms with van der Waals surface area (Å²) in [5.41, 5.74) is 1.40. The molecule has 0 fully saturated rings.